The third-order valence-corrected chi connectivity index (χ3v) is 2.93. The van der Waals surface area contributed by atoms with Crippen molar-refractivity contribution in [1.29, 1.82) is 0 Å². The maximum absolute atomic E-state index is 12.0. The topological polar surface area (TPSA) is 96.5 Å². The summed E-state index contributed by atoms with van der Waals surface area (Å²) in [6.45, 7) is -0.0496. The molecule has 1 heterocycles. The van der Waals surface area contributed by atoms with E-state index in [2.05, 4.69) is 10.9 Å². The highest BCUT2D eigenvalue weighted by Crippen LogP contribution is 2.12. The summed E-state index contributed by atoms with van der Waals surface area (Å²) in [6.07, 6.45) is 5.69. The summed E-state index contributed by atoms with van der Waals surface area (Å²) in [5.74, 6) is 0.661. The normalized spacial score (nSPS) is 9.78. The molecule has 0 saturated heterocycles. The van der Waals surface area contributed by atoms with Crippen LogP contribution in [0.4, 0.5) is 0 Å². The van der Waals surface area contributed by atoms with Gasteiger partial charge in [-0.3, -0.25) is 9.59 Å². The highest BCUT2D eigenvalue weighted by atomic mass is 32.1. The lowest BCUT2D eigenvalue weighted by Gasteiger charge is -2.16. The van der Waals surface area contributed by atoms with E-state index in [0.29, 0.717) is 13.0 Å². The molecular weight excluding hydrogens is 254 g/mol. The minimum atomic E-state index is -1.11. The molecule has 0 atom stereocenters. The van der Waals surface area contributed by atoms with E-state index in [9.17, 15) is 9.59 Å². The molecular formula is C11H13N3O3S. The summed E-state index contributed by atoms with van der Waals surface area (Å²) in [5.41, 5.74) is 5.59. The molecule has 0 aromatic carbocycles. The van der Waals surface area contributed by atoms with Crippen LogP contribution in [-0.2, 0) is 11.2 Å². The predicted molar refractivity (Wildman–Crippen MR) is 67.2 cm³/mol. The zero-order valence-corrected chi connectivity index (χ0v) is 10.4. The fourth-order valence-electron chi connectivity index (χ4n) is 1.28. The molecule has 1 amide bonds. The Morgan fingerprint density at radius 3 is 2.89 bits per heavy atom. The summed E-state index contributed by atoms with van der Waals surface area (Å²) < 4.78 is 0. The van der Waals surface area contributed by atoms with Crippen LogP contribution < -0.4 is 5.73 Å². The maximum atomic E-state index is 12.0. The van der Waals surface area contributed by atoms with Gasteiger partial charge in [-0.1, -0.05) is 5.92 Å². The molecule has 1 aromatic heterocycles. The Kier molecular flexibility index (Phi) is 5.30. The van der Waals surface area contributed by atoms with E-state index in [1.165, 1.54) is 11.3 Å². The molecule has 0 aliphatic carbocycles. The smallest absolute Gasteiger partial charge is 0.323 e. The second-order valence-corrected chi connectivity index (χ2v) is 4.37. The molecule has 0 aliphatic heterocycles. The standard InChI is InChI=1S/C11H13N3O3S/c1-2-5-14(6-10(15)16)11(17)8-7-18-9(13-8)3-4-12/h1,7H,3-6,12H2,(H,15,16). The van der Waals surface area contributed by atoms with Gasteiger partial charge in [-0.2, -0.15) is 0 Å². The van der Waals surface area contributed by atoms with Crippen molar-refractivity contribution in [3.63, 3.8) is 0 Å². The summed E-state index contributed by atoms with van der Waals surface area (Å²) in [5, 5.41) is 11.0. The molecule has 0 saturated carbocycles. The number of thiazole rings is 1. The van der Waals surface area contributed by atoms with Gasteiger partial charge < -0.3 is 15.7 Å². The van der Waals surface area contributed by atoms with Crippen LogP contribution in [0.1, 0.15) is 15.5 Å². The molecule has 1 rings (SSSR count). The van der Waals surface area contributed by atoms with Crippen LogP contribution >= 0.6 is 11.3 Å². The molecule has 0 fully saturated rings. The maximum Gasteiger partial charge on any atom is 0.323 e. The van der Waals surface area contributed by atoms with Crippen LogP contribution in [-0.4, -0.2) is 46.5 Å². The van der Waals surface area contributed by atoms with Crippen molar-refractivity contribution >= 4 is 23.2 Å². The van der Waals surface area contributed by atoms with Crippen LogP contribution in [0, 0.1) is 12.3 Å². The molecule has 0 unspecified atom stereocenters. The fraction of sp³-hybridized carbons (Fsp3) is 0.364. The van der Waals surface area contributed by atoms with Gasteiger partial charge in [0.25, 0.3) is 5.91 Å². The second kappa shape index (κ2) is 6.74. The summed E-state index contributed by atoms with van der Waals surface area (Å²) in [6, 6.07) is 0. The Morgan fingerprint density at radius 2 is 2.33 bits per heavy atom. The molecule has 6 nitrogen and oxygen atoms in total. The predicted octanol–water partition coefficient (Wildman–Crippen LogP) is -0.196. The average molecular weight is 267 g/mol. The fourth-order valence-corrected chi connectivity index (χ4v) is 2.07. The molecule has 18 heavy (non-hydrogen) atoms. The molecule has 0 aliphatic rings. The highest BCUT2D eigenvalue weighted by molar-refractivity contribution is 7.09. The monoisotopic (exact) mass is 267 g/mol. The van der Waals surface area contributed by atoms with Crippen LogP contribution in [0.25, 0.3) is 0 Å². The molecule has 1 aromatic rings. The third-order valence-electron chi connectivity index (χ3n) is 2.02. The Hall–Kier alpha value is -1.91. The van der Waals surface area contributed by atoms with E-state index < -0.39 is 18.4 Å². The molecule has 0 spiro atoms. The number of nitrogens with two attached hydrogens (primary N) is 1. The van der Waals surface area contributed by atoms with E-state index >= 15 is 0 Å². The number of hydrogen-bond donors (Lipinski definition) is 2. The van der Waals surface area contributed by atoms with Gasteiger partial charge in [-0.25, -0.2) is 4.98 Å². The van der Waals surface area contributed by atoms with Crippen LogP contribution in [0.3, 0.4) is 0 Å². The SMILES string of the molecule is C#CCN(CC(=O)O)C(=O)c1csc(CCN)n1. The zero-order valence-electron chi connectivity index (χ0n) is 9.63. The van der Waals surface area contributed by atoms with E-state index in [1.54, 1.807) is 5.38 Å². The van der Waals surface area contributed by atoms with Crippen LogP contribution in [0.15, 0.2) is 5.38 Å². The molecule has 96 valence electrons. The van der Waals surface area contributed by atoms with E-state index in [-0.39, 0.29) is 12.2 Å². The van der Waals surface area contributed by atoms with Crippen molar-refractivity contribution < 1.29 is 14.7 Å². The van der Waals surface area contributed by atoms with Gasteiger partial charge in [-0.05, 0) is 6.54 Å². The Balaban J connectivity index is 2.81. The van der Waals surface area contributed by atoms with Crippen LogP contribution in [0.2, 0.25) is 0 Å². The van der Waals surface area contributed by atoms with Gasteiger partial charge in [0.2, 0.25) is 0 Å². The Morgan fingerprint density at radius 1 is 1.61 bits per heavy atom. The average Bonchev–Trinajstić information content (AvgIpc) is 2.76. The van der Waals surface area contributed by atoms with E-state index in [0.717, 1.165) is 9.91 Å². The number of aliphatic carboxylic acids is 1. The summed E-state index contributed by atoms with van der Waals surface area (Å²) in [4.78, 5) is 27.8. The summed E-state index contributed by atoms with van der Waals surface area (Å²) in [7, 11) is 0. The minimum Gasteiger partial charge on any atom is -0.480 e. The third kappa shape index (κ3) is 3.84. The van der Waals surface area contributed by atoms with Gasteiger partial charge in [0.15, 0.2) is 0 Å². The summed E-state index contributed by atoms with van der Waals surface area (Å²) >= 11 is 1.32. The molecule has 3 N–H and O–H groups in total. The number of terminal acetylenes is 1. The largest absolute Gasteiger partial charge is 0.480 e. The number of carbonyl (C=O) groups is 2. The lowest BCUT2D eigenvalue weighted by molar-refractivity contribution is -0.137. The highest BCUT2D eigenvalue weighted by Gasteiger charge is 2.20. The van der Waals surface area contributed by atoms with Crippen molar-refractivity contribution in [3.8, 4) is 12.3 Å². The van der Waals surface area contributed by atoms with Crippen molar-refractivity contribution in [2.24, 2.45) is 5.73 Å². The second-order valence-electron chi connectivity index (χ2n) is 3.42. The van der Waals surface area contributed by atoms with Crippen molar-refractivity contribution in [2.75, 3.05) is 19.6 Å². The van der Waals surface area contributed by atoms with Crippen molar-refractivity contribution in [1.82, 2.24) is 9.88 Å². The number of carboxylic acid groups (broad SMARTS) is 1. The van der Waals surface area contributed by atoms with E-state index in [1.807, 2.05) is 0 Å². The Bertz CT molecular complexity index is 478. The first-order valence-corrected chi connectivity index (χ1v) is 6.05. The first-order chi connectivity index (χ1) is 8.58. The number of aromatic nitrogens is 1. The quantitative estimate of drug-likeness (QED) is 0.696. The minimum absolute atomic E-state index is 0.0606. The number of amides is 1. The van der Waals surface area contributed by atoms with Gasteiger partial charge >= 0.3 is 5.97 Å². The van der Waals surface area contributed by atoms with Gasteiger partial charge in [0.05, 0.1) is 11.6 Å². The lowest BCUT2D eigenvalue weighted by atomic mass is 10.3. The van der Waals surface area contributed by atoms with E-state index in [4.69, 9.17) is 17.3 Å². The first kappa shape index (κ1) is 14.2. The zero-order chi connectivity index (χ0) is 13.5. The van der Waals surface area contributed by atoms with Gasteiger partial charge in [0.1, 0.15) is 12.2 Å². The number of nitrogens with zero attached hydrogens (tertiary/aromatic N) is 2. The van der Waals surface area contributed by atoms with Crippen molar-refractivity contribution in [2.45, 2.75) is 6.42 Å². The van der Waals surface area contributed by atoms with Gasteiger partial charge in [0, 0.05) is 11.8 Å². The van der Waals surface area contributed by atoms with Crippen molar-refractivity contribution in [3.05, 3.63) is 16.1 Å². The lowest BCUT2D eigenvalue weighted by Crippen LogP contribution is -2.36. The number of hydrogen-bond acceptors (Lipinski definition) is 5. The first-order valence-electron chi connectivity index (χ1n) is 5.17. The Labute approximate surface area is 108 Å². The van der Waals surface area contributed by atoms with Gasteiger partial charge in [-0.15, -0.1) is 17.8 Å². The number of carboxylic acids is 1. The number of carbonyl (C=O) groups excluding carboxylic acids is 1. The van der Waals surface area contributed by atoms with Crippen LogP contribution in [0.5, 0.6) is 0 Å². The molecule has 0 radical (unpaired) electrons. The molecule has 0 bridgehead atoms. The number of rotatable bonds is 6. The molecule has 7 heteroatoms.